The maximum absolute atomic E-state index is 10.2. The van der Waals surface area contributed by atoms with Crippen molar-refractivity contribution in [1.82, 2.24) is 10.9 Å². The molecule has 0 atom stereocenters. The van der Waals surface area contributed by atoms with Gasteiger partial charge in [0.2, 0.25) is 0 Å². The molecule has 0 spiro atoms. The van der Waals surface area contributed by atoms with Crippen LogP contribution in [0.15, 0.2) is 0 Å². The minimum Gasteiger partial charge on any atom is -0.285 e. The van der Waals surface area contributed by atoms with Gasteiger partial charge in [-0.2, -0.15) is 0 Å². The second-order valence-corrected chi connectivity index (χ2v) is 1.91. The molecule has 0 aliphatic carbocycles. The molecule has 0 fully saturated rings. The molecule has 0 heterocycles. The van der Waals surface area contributed by atoms with Crippen molar-refractivity contribution < 1.29 is 9.59 Å². The van der Waals surface area contributed by atoms with E-state index in [2.05, 4.69) is 11.7 Å². The number of hydrogen-bond acceptors (Lipinski definition) is 5. The molecule has 2 amide bonds. The minimum absolute atomic E-state index is 0.350. The van der Waals surface area contributed by atoms with E-state index in [0.29, 0.717) is 11.8 Å². The van der Waals surface area contributed by atoms with Crippen LogP contribution in [0.3, 0.4) is 0 Å². The molecule has 9 heavy (non-hydrogen) atoms. The highest BCUT2D eigenvalue weighted by molar-refractivity contribution is 8.26. The fourth-order valence-electron chi connectivity index (χ4n) is 0.143. The van der Waals surface area contributed by atoms with Crippen molar-refractivity contribution in [2.45, 2.75) is 0 Å². The van der Waals surface area contributed by atoms with Crippen molar-refractivity contribution in [2.75, 3.05) is 0 Å². The van der Waals surface area contributed by atoms with Crippen molar-refractivity contribution in [3.8, 4) is 0 Å². The van der Waals surface area contributed by atoms with E-state index in [4.69, 9.17) is 0 Å². The van der Waals surface area contributed by atoms with Crippen LogP contribution in [0, 0.1) is 0 Å². The highest BCUT2D eigenvalue weighted by atomic mass is 32.2. The van der Waals surface area contributed by atoms with E-state index in [1.165, 1.54) is 0 Å². The second-order valence-electron chi connectivity index (χ2n) is 0.966. The van der Waals surface area contributed by atoms with Gasteiger partial charge in [-0.3, -0.25) is 20.4 Å². The summed E-state index contributed by atoms with van der Waals surface area (Å²) < 4.78 is 0. The lowest BCUT2D eigenvalue weighted by Crippen LogP contribution is -2.32. The summed E-state index contributed by atoms with van der Waals surface area (Å²) in [4.78, 5) is 20.4. The number of carbonyl (C=O) groups is 2. The number of thioether (sulfide) groups is 1. The van der Waals surface area contributed by atoms with E-state index >= 15 is 0 Å². The number of hydrogen-bond donors (Lipinski definition) is 4. The highest BCUT2D eigenvalue weighted by Gasteiger charge is 2.05. The maximum Gasteiger partial charge on any atom is 0.302 e. The Morgan fingerprint density at radius 2 is 1.44 bits per heavy atom. The van der Waals surface area contributed by atoms with E-state index in [1.807, 2.05) is 0 Å². The van der Waals surface area contributed by atoms with Crippen LogP contribution in [0.25, 0.3) is 0 Å². The molecule has 0 saturated carbocycles. The van der Waals surface area contributed by atoms with Crippen molar-refractivity contribution in [2.24, 2.45) is 11.7 Å². The Balaban J connectivity index is 3.47. The first-order valence-electron chi connectivity index (χ1n) is 1.89. The monoisotopic (exact) mass is 150 g/mol. The summed E-state index contributed by atoms with van der Waals surface area (Å²) in [6.45, 7) is 0. The molecule has 0 aliphatic rings. The van der Waals surface area contributed by atoms with Crippen LogP contribution in [-0.2, 0) is 0 Å². The predicted octanol–water partition coefficient (Wildman–Crippen LogP) is -1.11. The lowest BCUT2D eigenvalue weighted by Gasteiger charge is -1.94. The Morgan fingerprint density at radius 3 is 1.67 bits per heavy atom. The summed E-state index contributed by atoms with van der Waals surface area (Å²) in [6, 6.07) is 0. The van der Waals surface area contributed by atoms with Crippen LogP contribution in [0.5, 0.6) is 0 Å². The van der Waals surface area contributed by atoms with Gasteiger partial charge in [0.15, 0.2) is 0 Å². The molecular weight excluding hydrogens is 144 g/mol. The van der Waals surface area contributed by atoms with E-state index < -0.39 is 10.5 Å². The molecule has 0 saturated heterocycles. The zero-order chi connectivity index (χ0) is 7.28. The third-order valence-corrected chi connectivity index (χ3v) is 1.03. The number of nitrogens with one attached hydrogen (secondary N) is 2. The van der Waals surface area contributed by atoms with Gasteiger partial charge in [0.05, 0.1) is 0 Å². The Bertz CT molecular complexity index is 112. The van der Waals surface area contributed by atoms with Gasteiger partial charge in [0.1, 0.15) is 0 Å². The van der Waals surface area contributed by atoms with Gasteiger partial charge < -0.3 is 0 Å². The zero-order valence-corrected chi connectivity index (χ0v) is 5.20. The summed E-state index contributed by atoms with van der Waals surface area (Å²) >= 11 is 0.350. The van der Waals surface area contributed by atoms with Crippen molar-refractivity contribution >= 4 is 22.2 Å². The van der Waals surface area contributed by atoms with Crippen LogP contribution in [0.1, 0.15) is 0 Å². The molecule has 52 valence electrons. The first-order chi connectivity index (χ1) is 4.20. The van der Waals surface area contributed by atoms with Crippen molar-refractivity contribution in [3.63, 3.8) is 0 Å². The maximum atomic E-state index is 10.2. The number of carbonyl (C=O) groups excluding carboxylic acids is 2. The van der Waals surface area contributed by atoms with E-state index in [0.717, 1.165) is 0 Å². The second kappa shape index (κ2) is 4.13. The number of rotatable bonds is 0. The molecule has 6 nitrogen and oxygen atoms in total. The Hall–Kier alpha value is -0.790. The SMILES string of the molecule is NNC(=O)SC(=O)NN. The lowest BCUT2D eigenvalue weighted by atomic mass is 11.4. The molecule has 0 unspecified atom stereocenters. The highest BCUT2D eigenvalue weighted by Crippen LogP contribution is 1.98. The van der Waals surface area contributed by atoms with Gasteiger partial charge in [-0.15, -0.1) is 0 Å². The summed E-state index contributed by atoms with van der Waals surface area (Å²) in [5.74, 6) is 9.27. The molecule has 0 aliphatic heterocycles. The summed E-state index contributed by atoms with van der Waals surface area (Å²) in [7, 11) is 0. The zero-order valence-electron chi connectivity index (χ0n) is 4.38. The third kappa shape index (κ3) is 3.76. The first kappa shape index (κ1) is 8.21. The lowest BCUT2D eigenvalue weighted by molar-refractivity contribution is 0.257. The van der Waals surface area contributed by atoms with Crippen LogP contribution in [0.4, 0.5) is 9.59 Å². The average molecular weight is 150 g/mol. The van der Waals surface area contributed by atoms with Crippen LogP contribution < -0.4 is 22.5 Å². The fraction of sp³-hybridized carbons (Fsp3) is 0. The quantitative estimate of drug-likeness (QED) is 0.199. The molecular formula is C2H6N4O2S. The summed E-state index contributed by atoms with van der Waals surface area (Å²) in [6.07, 6.45) is 0. The first-order valence-corrected chi connectivity index (χ1v) is 2.71. The molecule has 0 aromatic rings. The van der Waals surface area contributed by atoms with Gasteiger partial charge in [0.25, 0.3) is 0 Å². The van der Waals surface area contributed by atoms with E-state index in [1.54, 1.807) is 10.9 Å². The van der Waals surface area contributed by atoms with Gasteiger partial charge in [-0.05, 0) is 0 Å². The molecule has 7 heteroatoms. The summed E-state index contributed by atoms with van der Waals surface area (Å²) in [5.41, 5.74) is 3.48. The largest absolute Gasteiger partial charge is 0.302 e. The molecule has 6 N–H and O–H groups in total. The Kier molecular flexibility index (Phi) is 3.76. The standard InChI is InChI=1S/C2H6N4O2S/c3-5-1(7)9-2(8)6-4/h3-4H2,(H,5,7)(H,6,8). The van der Waals surface area contributed by atoms with Gasteiger partial charge in [-0.1, -0.05) is 0 Å². The molecule has 0 aromatic heterocycles. The fourth-order valence-corrected chi connectivity index (χ4v) is 0.429. The number of amides is 2. The van der Waals surface area contributed by atoms with Crippen LogP contribution in [-0.4, -0.2) is 10.5 Å². The number of hydrazine groups is 2. The molecule has 0 aromatic carbocycles. The Labute approximate surface area is 55.3 Å². The van der Waals surface area contributed by atoms with Crippen molar-refractivity contribution in [3.05, 3.63) is 0 Å². The third-order valence-electron chi connectivity index (χ3n) is 0.421. The van der Waals surface area contributed by atoms with E-state index in [9.17, 15) is 9.59 Å². The normalized spacial score (nSPS) is 8.22. The van der Waals surface area contributed by atoms with Crippen molar-refractivity contribution in [1.29, 1.82) is 0 Å². The predicted molar refractivity (Wildman–Crippen MR) is 33.0 cm³/mol. The van der Waals surface area contributed by atoms with E-state index in [-0.39, 0.29) is 0 Å². The topological polar surface area (TPSA) is 110 Å². The van der Waals surface area contributed by atoms with Gasteiger partial charge >= 0.3 is 10.5 Å². The number of nitrogens with two attached hydrogens (primary N) is 2. The van der Waals surface area contributed by atoms with Crippen LogP contribution in [0.2, 0.25) is 0 Å². The van der Waals surface area contributed by atoms with Gasteiger partial charge in [-0.25, -0.2) is 11.7 Å². The van der Waals surface area contributed by atoms with Gasteiger partial charge in [0, 0.05) is 11.8 Å². The summed E-state index contributed by atoms with van der Waals surface area (Å²) in [5, 5.41) is -1.31. The van der Waals surface area contributed by atoms with Crippen LogP contribution >= 0.6 is 11.8 Å². The molecule has 0 radical (unpaired) electrons. The molecule has 0 bridgehead atoms. The molecule has 0 rings (SSSR count). The minimum atomic E-state index is -0.655. The Morgan fingerprint density at radius 1 is 1.11 bits per heavy atom. The average Bonchev–Trinajstić information content (AvgIpc) is 1.87. The smallest absolute Gasteiger partial charge is 0.285 e.